The molecule has 3 aromatic rings. The van der Waals surface area contributed by atoms with Crippen molar-refractivity contribution in [2.45, 2.75) is 50.8 Å². The largest absolute Gasteiger partial charge is 0.473 e. The van der Waals surface area contributed by atoms with Crippen LogP contribution in [0.15, 0.2) is 36.8 Å². The van der Waals surface area contributed by atoms with Crippen molar-refractivity contribution < 1.29 is 4.74 Å². The summed E-state index contributed by atoms with van der Waals surface area (Å²) in [6.07, 6.45) is 9.11. The molecule has 8 heteroatoms. The number of nitrogens with one attached hydrogen (secondary N) is 1. The van der Waals surface area contributed by atoms with Crippen molar-refractivity contribution in [3.63, 3.8) is 0 Å². The second kappa shape index (κ2) is 7.48. The average molecular weight is 397 g/mol. The monoisotopic (exact) mass is 396 g/mol. The van der Waals surface area contributed by atoms with E-state index in [-0.39, 0.29) is 6.10 Å². The molecule has 0 saturated heterocycles. The van der Waals surface area contributed by atoms with Crippen LogP contribution in [-0.2, 0) is 13.1 Å². The van der Waals surface area contributed by atoms with Crippen molar-refractivity contribution in [3.8, 4) is 11.6 Å². The van der Waals surface area contributed by atoms with E-state index in [1.807, 2.05) is 12.1 Å². The SMILES string of the molecule is Clc1ccc2c(c1)CNCc1nnc([C@H]3CC[C@H](Oc4cnccn4)CC3)n1-2. The van der Waals surface area contributed by atoms with Crippen molar-refractivity contribution in [1.29, 1.82) is 0 Å². The van der Waals surface area contributed by atoms with Crippen molar-refractivity contribution in [3.05, 3.63) is 59.0 Å². The molecule has 5 rings (SSSR count). The zero-order valence-corrected chi connectivity index (χ0v) is 16.1. The van der Waals surface area contributed by atoms with Gasteiger partial charge in [0.05, 0.1) is 18.4 Å². The van der Waals surface area contributed by atoms with Gasteiger partial charge in [0.2, 0.25) is 5.88 Å². The summed E-state index contributed by atoms with van der Waals surface area (Å²) in [4.78, 5) is 8.28. The third-order valence-electron chi connectivity index (χ3n) is 5.50. The zero-order valence-electron chi connectivity index (χ0n) is 15.4. The minimum Gasteiger partial charge on any atom is -0.473 e. The standard InChI is InChI=1S/C20H21ClN6O/c21-15-3-6-17-14(9-15)10-23-11-18-25-26-20(27(17)18)13-1-4-16(5-2-13)28-19-12-22-7-8-24-19/h3,6-9,12-13,16,23H,1-2,4-5,10-11H2/t13-,16-. The maximum atomic E-state index is 6.21. The van der Waals surface area contributed by atoms with E-state index in [4.69, 9.17) is 16.3 Å². The molecule has 2 aliphatic rings. The van der Waals surface area contributed by atoms with Crippen LogP contribution in [0.5, 0.6) is 5.88 Å². The predicted molar refractivity (Wildman–Crippen MR) is 105 cm³/mol. The van der Waals surface area contributed by atoms with Crippen LogP contribution >= 0.6 is 11.6 Å². The highest BCUT2D eigenvalue weighted by Gasteiger charge is 2.30. The number of hydrogen-bond acceptors (Lipinski definition) is 6. The maximum Gasteiger partial charge on any atom is 0.232 e. The van der Waals surface area contributed by atoms with Gasteiger partial charge in [0.15, 0.2) is 5.82 Å². The predicted octanol–water partition coefficient (Wildman–Crippen LogP) is 3.42. The van der Waals surface area contributed by atoms with Crippen LogP contribution in [0, 0.1) is 0 Å². The zero-order chi connectivity index (χ0) is 18.9. The van der Waals surface area contributed by atoms with Crippen LogP contribution in [-0.4, -0.2) is 30.8 Å². The van der Waals surface area contributed by atoms with Crippen LogP contribution in [0.1, 0.15) is 48.8 Å². The Hall–Kier alpha value is -2.51. The second-order valence-corrected chi connectivity index (χ2v) is 7.76. The van der Waals surface area contributed by atoms with Gasteiger partial charge in [-0.2, -0.15) is 0 Å². The van der Waals surface area contributed by atoms with Crippen LogP contribution in [0.25, 0.3) is 5.69 Å². The lowest BCUT2D eigenvalue weighted by Crippen LogP contribution is -2.25. The lowest BCUT2D eigenvalue weighted by atomic mass is 9.86. The molecule has 3 heterocycles. The van der Waals surface area contributed by atoms with Gasteiger partial charge >= 0.3 is 0 Å². The van der Waals surface area contributed by atoms with Crippen LogP contribution in [0.4, 0.5) is 0 Å². The summed E-state index contributed by atoms with van der Waals surface area (Å²) >= 11 is 6.21. The summed E-state index contributed by atoms with van der Waals surface area (Å²) in [7, 11) is 0. The normalized spacial score (nSPS) is 21.5. The maximum absolute atomic E-state index is 6.21. The van der Waals surface area contributed by atoms with Crippen molar-refractivity contribution in [2.75, 3.05) is 0 Å². The molecule has 1 saturated carbocycles. The highest BCUT2D eigenvalue weighted by atomic mass is 35.5. The second-order valence-electron chi connectivity index (χ2n) is 7.32. The molecule has 0 bridgehead atoms. The van der Waals surface area contributed by atoms with E-state index in [1.54, 1.807) is 18.6 Å². The third kappa shape index (κ3) is 3.36. The molecule has 1 fully saturated rings. The minimum absolute atomic E-state index is 0.173. The van der Waals surface area contributed by atoms with E-state index in [9.17, 15) is 0 Å². The summed E-state index contributed by atoms with van der Waals surface area (Å²) in [6.45, 7) is 1.47. The molecule has 1 aromatic carbocycles. The summed E-state index contributed by atoms with van der Waals surface area (Å²) in [5.41, 5.74) is 2.30. The lowest BCUT2D eigenvalue weighted by molar-refractivity contribution is 0.138. The number of hydrogen-bond donors (Lipinski definition) is 1. The fourth-order valence-corrected chi connectivity index (χ4v) is 4.35. The van der Waals surface area contributed by atoms with Crippen molar-refractivity contribution >= 4 is 11.6 Å². The molecular formula is C20H21ClN6O. The first-order valence-corrected chi connectivity index (χ1v) is 10.0. The molecule has 28 heavy (non-hydrogen) atoms. The van der Waals surface area contributed by atoms with Crippen LogP contribution in [0.2, 0.25) is 5.02 Å². The van der Waals surface area contributed by atoms with Gasteiger partial charge in [-0.15, -0.1) is 10.2 Å². The number of rotatable bonds is 3. The first kappa shape index (κ1) is 17.6. The smallest absolute Gasteiger partial charge is 0.232 e. The van der Waals surface area contributed by atoms with Crippen LogP contribution < -0.4 is 10.1 Å². The minimum atomic E-state index is 0.173. The summed E-state index contributed by atoms with van der Waals surface area (Å²) in [5.74, 6) is 2.96. The molecule has 0 radical (unpaired) electrons. The Labute approximate surface area is 168 Å². The van der Waals surface area contributed by atoms with Gasteiger partial charge in [0.1, 0.15) is 11.9 Å². The third-order valence-corrected chi connectivity index (χ3v) is 5.74. The fraction of sp³-hybridized carbons (Fsp3) is 0.400. The molecule has 0 amide bonds. The van der Waals surface area contributed by atoms with Gasteiger partial charge in [-0.3, -0.25) is 9.55 Å². The molecule has 1 N–H and O–H groups in total. The van der Waals surface area contributed by atoms with E-state index < -0.39 is 0 Å². The van der Waals surface area contributed by atoms with E-state index in [2.05, 4.69) is 36.1 Å². The van der Waals surface area contributed by atoms with Gasteiger partial charge < -0.3 is 10.1 Å². The Kier molecular flexibility index (Phi) is 4.70. The summed E-state index contributed by atoms with van der Waals surface area (Å²) in [6, 6.07) is 6.03. The number of fused-ring (bicyclic) bond motifs is 3. The molecule has 0 unspecified atom stereocenters. The van der Waals surface area contributed by atoms with E-state index >= 15 is 0 Å². The fourth-order valence-electron chi connectivity index (χ4n) is 4.15. The Bertz CT molecular complexity index is 968. The first-order chi connectivity index (χ1) is 13.8. The number of halogens is 1. The van der Waals surface area contributed by atoms with E-state index in [1.165, 1.54) is 5.56 Å². The Balaban J connectivity index is 1.37. The molecule has 7 nitrogen and oxygen atoms in total. The van der Waals surface area contributed by atoms with Gasteiger partial charge in [0, 0.05) is 29.9 Å². The molecule has 1 aliphatic carbocycles. The van der Waals surface area contributed by atoms with Gasteiger partial charge in [0.25, 0.3) is 0 Å². The van der Waals surface area contributed by atoms with E-state index in [0.29, 0.717) is 18.3 Å². The summed E-state index contributed by atoms with van der Waals surface area (Å²) in [5, 5.41) is 13.2. The van der Waals surface area contributed by atoms with Gasteiger partial charge in [-0.1, -0.05) is 11.6 Å². The molecule has 0 atom stereocenters. The molecule has 0 spiro atoms. The number of ether oxygens (including phenoxy) is 1. The van der Waals surface area contributed by atoms with Gasteiger partial charge in [-0.25, -0.2) is 4.98 Å². The average Bonchev–Trinajstić information content (AvgIpc) is 3.05. The number of aromatic nitrogens is 5. The molecule has 144 valence electrons. The van der Waals surface area contributed by atoms with Gasteiger partial charge in [-0.05, 0) is 49.4 Å². The molecule has 1 aliphatic heterocycles. The lowest BCUT2D eigenvalue weighted by Gasteiger charge is -2.28. The van der Waals surface area contributed by atoms with E-state index in [0.717, 1.165) is 54.6 Å². The molecular weight excluding hydrogens is 376 g/mol. The highest BCUT2D eigenvalue weighted by Crippen LogP contribution is 2.36. The Morgan fingerprint density at radius 3 is 2.79 bits per heavy atom. The number of nitrogens with zero attached hydrogens (tertiary/aromatic N) is 5. The van der Waals surface area contributed by atoms with Crippen molar-refractivity contribution in [2.24, 2.45) is 0 Å². The van der Waals surface area contributed by atoms with Crippen molar-refractivity contribution in [1.82, 2.24) is 30.0 Å². The topological polar surface area (TPSA) is 77.8 Å². The quantitative estimate of drug-likeness (QED) is 0.730. The van der Waals surface area contributed by atoms with Crippen LogP contribution in [0.3, 0.4) is 0 Å². The Morgan fingerprint density at radius 2 is 1.96 bits per heavy atom. The first-order valence-electron chi connectivity index (χ1n) is 9.64. The Morgan fingerprint density at radius 1 is 1.07 bits per heavy atom. The number of benzene rings is 1. The summed E-state index contributed by atoms with van der Waals surface area (Å²) < 4.78 is 8.20. The molecule has 2 aromatic heterocycles. The highest BCUT2D eigenvalue weighted by molar-refractivity contribution is 6.30.